The van der Waals surface area contributed by atoms with Gasteiger partial charge in [-0.15, -0.1) is 0 Å². The predicted octanol–water partition coefficient (Wildman–Crippen LogP) is 2.52. The minimum absolute atomic E-state index is 0.196. The number of rotatable bonds is 2. The van der Waals surface area contributed by atoms with Crippen LogP contribution in [0.25, 0.3) is 0 Å². The van der Waals surface area contributed by atoms with Crippen molar-refractivity contribution >= 4 is 5.69 Å². The van der Waals surface area contributed by atoms with Crippen LogP contribution in [0.15, 0.2) is 18.2 Å². The van der Waals surface area contributed by atoms with E-state index >= 15 is 0 Å². The second kappa shape index (κ2) is 4.46. The predicted molar refractivity (Wildman–Crippen MR) is 68.0 cm³/mol. The Morgan fingerprint density at radius 3 is 2.75 bits per heavy atom. The van der Waals surface area contributed by atoms with Crippen molar-refractivity contribution in [1.82, 2.24) is 0 Å². The number of nitrogens with zero attached hydrogens (tertiary/aromatic N) is 1. The Hall–Kier alpha value is -1.02. The van der Waals surface area contributed by atoms with Crippen LogP contribution in [0.1, 0.15) is 31.4 Å². The van der Waals surface area contributed by atoms with Crippen molar-refractivity contribution in [3.63, 3.8) is 0 Å². The van der Waals surface area contributed by atoms with Crippen molar-refractivity contribution in [2.45, 2.75) is 45.8 Å². The van der Waals surface area contributed by atoms with Gasteiger partial charge in [-0.1, -0.05) is 17.7 Å². The van der Waals surface area contributed by atoms with E-state index in [2.05, 4.69) is 36.9 Å². The fourth-order valence-corrected chi connectivity index (χ4v) is 2.44. The van der Waals surface area contributed by atoms with Gasteiger partial charge in [0.15, 0.2) is 0 Å². The monoisotopic (exact) mass is 219 g/mol. The molecule has 0 fully saturated rings. The van der Waals surface area contributed by atoms with Gasteiger partial charge in [-0.3, -0.25) is 0 Å². The Kier molecular flexibility index (Phi) is 3.20. The van der Waals surface area contributed by atoms with Crippen molar-refractivity contribution in [3.8, 4) is 0 Å². The molecule has 2 nitrogen and oxygen atoms in total. The lowest BCUT2D eigenvalue weighted by molar-refractivity contribution is 0.164. The Morgan fingerprint density at radius 2 is 2.06 bits per heavy atom. The fraction of sp³-hybridized carbons (Fsp3) is 0.571. The van der Waals surface area contributed by atoms with Gasteiger partial charge in [0.05, 0.1) is 12.1 Å². The average Bonchev–Trinajstić information content (AvgIpc) is 2.26. The summed E-state index contributed by atoms with van der Waals surface area (Å²) in [6, 6.07) is 6.83. The first kappa shape index (κ1) is 11.5. The summed E-state index contributed by atoms with van der Waals surface area (Å²) in [5, 5.41) is 9.71. The number of hydrogen-bond donors (Lipinski definition) is 1. The Labute approximate surface area is 97.9 Å². The zero-order valence-corrected chi connectivity index (χ0v) is 10.4. The summed E-state index contributed by atoms with van der Waals surface area (Å²) in [5.74, 6) is 0. The third kappa shape index (κ3) is 2.07. The van der Waals surface area contributed by atoms with Crippen molar-refractivity contribution in [2.75, 3.05) is 11.4 Å². The summed E-state index contributed by atoms with van der Waals surface area (Å²) in [6.45, 7) is 7.16. The van der Waals surface area contributed by atoms with Gasteiger partial charge < -0.3 is 10.0 Å². The average molecular weight is 219 g/mol. The summed E-state index contributed by atoms with van der Waals surface area (Å²) in [4.78, 5) is 2.34. The van der Waals surface area contributed by atoms with E-state index in [1.165, 1.54) is 29.7 Å². The molecule has 2 atom stereocenters. The van der Waals surface area contributed by atoms with E-state index in [1.807, 2.05) is 6.92 Å². The van der Waals surface area contributed by atoms with Crippen LogP contribution in [0.3, 0.4) is 0 Å². The van der Waals surface area contributed by atoms with Crippen molar-refractivity contribution in [1.29, 1.82) is 0 Å². The van der Waals surface area contributed by atoms with Crippen LogP contribution in [0.5, 0.6) is 0 Å². The number of anilines is 1. The minimum atomic E-state index is -0.285. The summed E-state index contributed by atoms with van der Waals surface area (Å²) in [6.07, 6.45) is 2.07. The van der Waals surface area contributed by atoms with Crippen LogP contribution in [0.2, 0.25) is 0 Å². The molecule has 0 aromatic heterocycles. The molecule has 0 saturated carbocycles. The molecule has 1 aromatic rings. The zero-order chi connectivity index (χ0) is 11.7. The SMILES string of the molecule is Cc1ccc2c(c1)CCCN2C(C)C(C)O. The van der Waals surface area contributed by atoms with Crippen molar-refractivity contribution < 1.29 is 5.11 Å². The lowest BCUT2D eigenvalue weighted by Gasteiger charge is -2.37. The number of hydrogen-bond acceptors (Lipinski definition) is 2. The normalized spacial score (nSPS) is 19.1. The van der Waals surface area contributed by atoms with Gasteiger partial charge in [0, 0.05) is 12.2 Å². The smallest absolute Gasteiger partial charge is 0.0712 e. The van der Waals surface area contributed by atoms with E-state index in [0.717, 1.165) is 6.54 Å². The molecular formula is C14H21NO. The largest absolute Gasteiger partial charge is 0.391 e. The maximum absolute atomic E-state index is 9.71. The van der Waals surface area contributed by atoms with Crippen molar-refractivity contribution in [2.24, 2.45) is 0 Å². The summed E-state index contributed by atoms with van der Waals surface area (Å²) in [5.41, 5.74) is 4.06. The quantitative estimate of drug-likeness (QED) is 0.826. The molecule has 0 bridgehead atoms. The lowest BCUT2D eigenvalue weighted by Crippen LogP contribution is -2.43. The zero-order valence-electron chi connectivity index (χ0n) is 10.4. The molecule has 0 spiro atoms. The lowest BCUT2D eigenvalue weighted by atomic mass is 9.97. The molecule has 0 saturated heterocycles. The van der Waals surface area contributed by atoms with Crippen molar-refractivity contribution in [3.05, 3.63) is 29.3 Å². The molecule has 16 heavy (non-hydrogen) atoms. The number of fused-ring (bicyclic) bond motifs is 1. The van der Waals surface area contributed by atoms with Gasteiger partial charge >= 0.3 is 0 Å². The molecule has 88 valence electrons. The Morgan fingerprint density at radius 1 is 1.31 bits per heavy atom. The van der Waals surface area contributed by atoms with E-state index < -0.39 is 0 Å². The van der Waals surface area contributed by atoms with Crippen LogP contribution in [-0.4, -0.2) is 23.8 Å². The Balaban J connectivity index is 2.33. The molecule has 1 aromatic carbocycles. The molecule has 2 rings (SSSR count). The highest BCUT2D eigenvalue weighted by Crippen LogP contribution is 2.30. The topological polar surface area (TPSA) is 23.5 Å². The summed E-state index contributed by atoms with van der Waals surface area (Å²) in [7, 11) is 0. The van der Waals surface area contributed by atoms with Gasteiger partial charge in [-0.25, -0.2) is 0 Å². The number of aryl methyl sites for hydroxylation is 2. The summed E-state index contributed by atoms with van der Waals surface area (Å²) < 4.78 is 0. The first-order valence-corrected chi connectivity index (χ1v) is 6.14. The van der Waals surface area contributed by atoms with Gasteiger partial charge in [-0.2, -0.15) is 0 Å². The van der Waals surface area contributed by atoms with Crippen LogP contribution < -0.4 is 4.90 Å². The molecule has 2 unspecified atom stereocenters. The fourth-order valence-electron chi connectivity index (χ4n) is 2.44. The van der Waals surface area contributed by atoms with E-state index in [-0.39, 0.29) is 12.1 Å². The maximum atomic E-state index is 9.71. The van der Waals surface area contributed by atoms with Crippen LogP contribution in [0, 0.1) is 6.92 Å². The molecule has 1 aliphatic heterocycles. The maximum Gasteiger partial charge on any atom is 0.0712 e. The van der Waals surface area contributed by atoms with Crippen LogP contribution in [-0.2, 0) is 6.42 Å². The highest BCUT2D eigenvalue weighted by Gasteiger charge is 2.23. The van der Waals surface area contributed by atoms with E-state index in [0.29, 0.717) is 0 Å². The van der Waals surface area contributed by atoms with Gasteiger partial charge in [0.25, 0.3) is 0 Å². The van der Waals surface area contributed by atoms with Crippen LogP contribution in [0.4, 0.5) is 5.69 Å². The molecule has 0 amide bonds. The van der Waals surface area contributed by atoms with E-state index in [1.54, 1.807) is 0 Å². The van der Waals surface area contributed by atoms with Gasteiger partial charge in [0.2, 0.25) is 0 Å². The number of aliphatic hydroxyl groups is 1. The molecular weight excluding hydrogens is 198 g/mol. The number of benzene rings is 1. The molecule has 2 heteroatoms. The third-order valence-electron chi connectivity index (χ3n) is 3.58. The Bertz CT molecular complexity index is 373. The van der Waals surface area contributed by atoms with Gasteiger partial charge in [-0.05, 0) is 45.2 Å². The molecule has 0 radical (unpaired) electrons. The minimum Gasteiger partial charge on any atom is -0.391 e. The van der Waals surface area contributed by atoms with Crippen LogP contribution >= 0.6 is 0 Å². The van der Waals surface area contributed by atoms with E-state index in [4.69, 9.17) is 0 Å². The first-order chi connectivity index (χ1) is 7.59. The second-order valence-corrected chi connectivity index (χ2v) is 4.91. The third-order valence-corrected chi connectivity index (χ3v) is 3.58. The molecule has 1 aliphatic rings. The number of aliphatic hydroxyl groups excluding tert-OH is 1. The molecule has 0 aliphatic carbocycles. The first-order valence-electron chi connectivity index (χ1n) is 6.14. The molecule has 1 heterocycles. The van der Waals surface area contributed by atoms with E-state index in [9.17, 15) is 5.11 Å². The second-order valence-electron chi connectivity index (χ2n) is 4.91. The van der Waals surface area contributed by atoms with Gasteiger partial charge in [0.1, 0.15) is 0 Å². The molecule has 1 N–H and O–H groups in total. The highest BCUT2D eigenvalue weighted by molar-refractivity contribution is 5.57. The standard InChI is InChI=1S/C14H21NO/c1-10-6-7-14-13(9-10)5-4-8-15(14)11(2)12(3)16/h6-7,9,11-12,16H,4-5,8H2,1-3H3. The highest BCUT2D eigenvalue weighted by atomic mass is 16.3. The summed E-state index contributed by atoms with van der Waals surface area (Å²) >= 11 is 0.